The standard InChI is InChI=1S/C24H24ClN5O3S/c1-13-8-27-22-19(10-26-13)34-18-4-3-17-16(21(18)22)2-5-20(29-17)33-23-14(9-28-24(25)30-23)11-32-15-6-7-31-12-15/h2-5,9,13,15,26-27H,6-8,10-12H2,1H3/t13-,15+/m1/s1. The summed E-state index contributed by atoms with van der Waals surface area (Å²) in [4.78, 5) is 14.5. The van der Waals surface area contributed by atoms with Crippen LogP contribution in [0.3, 0.4) is 0 Å². The molecule has 0 amide bonds. The summed E-state index contributed by atoms with van der Waals surface area (Å²) < 4.78 is 18.6. The van der Waals surface area contributed by atoms with Gasteiger partial charge in [-0.15, -0.1) is 11.3 Å². The second-order valence-corrected chi connectivity index (χ2v) is 10.1. The van der Waals surface area contributed by atoms with Crippen LogP contribution in [0, 0.1) is 0 Å². The minimum Gasteiger partial charge on any atom is -0.420 e. The van der Waals surface area contributed by atoms with E-state index >= 15 is 0 Å². The van der Waals surface area contributed by atoms with Crippen molar-refractivity contribution < 1.29 is 14.2 Å². The third-order valence-electron chi connectivity index (χ3n) is 6.12. The topological polar surface area (TPSA) is 90.4 Å². The van der Waals surface area contributed by atoms with Gasteiger partial charge < -0.3 is 24.8 Å². The summed E-state index contributed by atoms with van der Waals surface area (Å²) in [7, 11) is 0. The van der Waals surface area contributed by atoms with Crippen molar-refractivity contribution in [1.29, 1.82) is 0 Å². The third-order valence-corrected chi connectivity index (χ3v) is 7.46. The van der Waals surface area contributed by atoms with Crippen molar-refractivity contribution in [2.75, 3.05) is 25.1 Å². The molecule has 34 heavy (non-hydrogen) atoms. The van der Waals surface area contributed by atoms with Crippen LogP contribution in [0.5, 0.6) is 11.8 Å². The molecule has 3 aromatic heterocycles. The van der Waals surface area contributed by atoms with Crippen LogP contribution < -0.4 is 15.4 Å². The van der Waals surface area contributed by atoms with Crippen LogP contribution in [0.1, 0.15) is 23.8 Å². The SMILES string of the molecule is C[C@@H]1CNc2c(sc3ccc4nc(Oc5nc(Cl)ncc5CO[C@H]5CCOC5)ccc4c23)CN1. The number of fused-ring (bicyclic) bond motifs is 5. The molecule has 2 aliphatic heterocycles. The van der Waals surface area contributed by atoms with Crippen LogP contribution in [0.25, 0.3) is 21.0 Å². The number of anilines is 1. The molecule has 0 saturated carbocycles. The quantitative estimate of drug-likeness (QED) is 0.376. The van der Waals surface area contributed by atoms with Gasteiger partial charge in [-0.2, -0.15) is 4.98 Å². The van der Waals surface area contributed by atoms with Gasteiger partial charge in [-0.25, -0.2) is 9.97 Å². The number of halogens is 1. The van der Waals surface area contributed by atoms with Crippen LogP contribution in [-0.4, -0.2) is 46.9 Å². The molecule has 1 fully saturated rings. The molecule has 6 rings (SSSR count). The molecule has 176 valence electrons. The molecule has 0 bridgehead atoms. The fourth-order valence-electron chi connectivity index (χ4n) is 4.30. The summed E-state index contributed by atoms with van der Waals surface area (Å²) in [6.07, 6.45) is 2.57. The highest BCUT2D eigenvalue weighted by atomic mass is 35.5. The summed E-state index contributed by atoms with van der Waals surface area (Å²) >= 11 is 7.87. The van der Waals surface area contributed by atoms with E-state index in [0.29, 0.717) is 36.6 Å². The molecule has 0 spiro atoms. The maximum absolute atomic E-state index is 6.07. The van der Waals surface area contributed by atoms with E-state index in [1.807, 2.05) is 23.5 Å². The molecule has 5 heterocycles. The zero-order valence-corrected chi connectivity index (χ0v) is 20.2. The van der Waals surface area contributed by atoms with Crippen molar-refractivity contribution in [2.45, 2.75) is 38.6 Å². The largest absolute Gasteiger partial charge is 0.420 e. The van der Waals surface area contributed by atoms with Crippen molar-refractivity contribution >= 4 is 49.6 Å². The number of hydrogen-bond acceptors (Lipinski definition) is 9. The first-order chi connectivity index (χ1) is 16.6. The van der Waals surface area contributed by atoms with E-state index in [0.717, 1.165) is 37.0 Å². The lowest BCUT2D eigenvalue weighted by Gasteiger charge is -2.13. The average molecular weight is 498 g/mol. The van der Waals surface area contributed by atoms with E-state index in [2.05, 4.69) is 39.7 Å². The summed E-state index contributed by atoms with van der Waals surface area (Å²) in [5, 5.41) is 9.60. The van der Waals surface area contributed by atoms with Crippen LogP contribution in [0.2, 0.25) is 5.28 Å². The molecule has 0 aliphatic carbocycles. The normalized spacial score (nSPS) is 20.3. The van der Waals surface area contributed by atoms with E-state index < -0.39 is 0 Å². The fraction of sp³-hybridized carbons (Fsp3) is 0.375. The Kier molecular flexibility index (Phi) is 5.96. The monoisotopic (exact) mass is 497 g/mol. The Balaban J connectivity index is 1.31. The lowest BCUT2D eigenvalue weighted by molar-refractivity contribution is 0.0307. The minimum absolute atomic E-state index is 0.0669. The van der Waals surface area contributed by atoms with Crippen molar-refractivity contribution in [3.05, 3.63) is 46.2 Å². The van der Waals surface area contributed by atoms with Crippen molar-refractivity contribution in [3.8, 4) is 11.8 Å². The predicted molar refractivity (Wildman–Crippen MR) is 133 cm³/mol. The number of pyridine rings is 1. The van der Waals surface area contributed by atoms with Crippen molar-refractivity contribution in [1.82, 2.24) is 20.3 Å². The molecule has 2 atom stereocenters. The molecule has 2 N–H and O–H groups in total. The highest BCUT2D eigenvalue weighted by Gasteiger charge is 2.20. The fourth-order valence-corrected chi connectivity index (χ4v) is 5.58. The highest BCUT2D eigenvalue weighted by molar-refractivity contribution is 7.20. The van der Waals surface area contributed by atoms with Gasteiger partial charge in [-0.05, 0) is 43.1 Å². The van der Waals surface area contributed by atoms with Crippen molar-refractivity contribution in [3.63, 3.8) is 0 Å². The lowest BCUT2D eigenvalue weighted by atomic mass is 10.1. The zero-order chi connectivity index (χ0) is 23.1. The molecule has 0 unspecified atom stereocenters. The molecule has 1 aromatic carbocycles. The number of ether oxygens (including phenoxy) is 3. The second kappa shape index (κ2) is 9.24. The van der Waals surface area contributed by atoms with Gasteiger partial charge >= 0.3 is 0 Å². The molecule has 1 saturated heterocycles. The predicted octanol–water partition coefficient (Wildman–Crippen LogP) is 4.89. The van der Waals surface area contributed by atoms with Crippen molar-refractivity contribution in [2.24, 2.45) is 0 Å². The Morgan fingerprint density at radius 3 is 3.06 bits per heavy atom. The van der Waals surface area contributed by atoms with E-state index in [9.17, 15) is 0 Å². The number of nitrogens with one attached hydrogen (secondary N) is 2. The van der Waals surface area contributed by atoms with E-state index in [-0.39, 0.29) is 11.4 Å². The smallest absolute Gasteiger partial charge is 0.231 e. The number of thiophene rings is 1. The number of hydrogen-bond donors (Lipinski definition) is 2. The Hall–Kier alpha value is -2.56. The molecule has 4 aromatic rings. The summed E-state index contributed by atoms with van der Waals surface area (Å²) in [6.45, 7) is 5.57. The third kappa shape index (κ3) is 4.30. The van der Waals surface area contributed by atoms with Gasteiger partial charge in [0.2, 0.25) is 17.0 Å². The second-order valence-electron chi connectivity index (χ2n) is 8.59. The maximum Gasteiger partial charge on any atom is 0.231 e. The first-order valence-electron chi connectivity index (χ1n) is 11.3. The van der Waals surface area contributed by atoms with Crippen LogP contribution in [0.4, 0.5) is 5.69 Å². The average Bonchev–Trinajstić information content (AvgIpc) is 3.44. The Morgan fingerprint density at radius 1 is 1.24 bits per heavy atom. The Bertz CT molecular complexity index is 1360. The minimum atomic E-state index is 0.0669. The summed E-state index contributed by atoms with van der Waals surface area (Å²) in [5.41, 5.74) is 2.78. The lowest BCUT2D eigenvalue weighted by Crippen LogP contribution is -2.29. The van der Waals surface area contributed by atoms with E-state index in [1.54, 1.807) is 6.20 Å². The van der Waals surface area contributed by atoms with Gasteiger partial charge in [0.15, 0.2) is 0 Å². The van der Waals surface area contributed by atoms with Gasteiger partial charge in [-0.1, -0.05) is 0 Å². The first kappa shape index (κ1) is 21.9. The molecule has 2 aliphatic rings. The number of aromatic nitrogens is 3. The maximum atomic E-state index is 6.07. The molecular weight excluding hydrogens is 474 g/mol. The summed E-state index contributed by atoms with van der Waals surface area (Å²) in [6, 6.07) is 8.51. The van der Waals surface area contributed by atoms with Crippen LogP contribution >= 0.6 is 22.9 Å². The highest BCUT2D eigenvalue weighted by Crippen LogP contribution is 2.41. The Morgan fingerprint density at radius 2 is 2.18 bits per heavy atom. The van der Waals surface area contributed by atoms with E-state index in [4.69, 9.17) is 30.8 Å². The summed E-state index contributed by atoms with van der Waals surface area (Å²) in [5.74, 6) is 0.787. The Labute approximate surface area is 205 Å². The van der Waals surface area contributed by atoms with Crippen LogP contribution in [-0.2, 0) is 22.6 Å². The molecule has 10 heteroatoms. The molecule has 8 nitrogen and oxygen atoms in total. The van der Waals surface area contributed by atoms with E-state index in [1.165, 1.54) is 20.7 Å². The van der Waals surface area contributed by atoms with Gasteiger partial charge in [-0.3, -0.25) is 0 Å². The first-order valence-corrected chi connectivity index (χ1v) is 12.5. The molecular formula is C24H24ClN5O3S. The van der Waals surface area contributed by atoms with Gasteiger partial charge in [0.25, 0.3) is 0 Å². The molecule has 0 radical (unpaired) electrons. The van der Waals surface area contributed by atoms with Gasteiger partial charge in [0.05, 0.1) is 36.1 Å². The number of nitrogens with zero attached hydrogens (tertiary/aromatic N) is 3. The number of rotatable bonds is 5. The number of benzene rings is 1. The van der Waals surface area contributed by atoms with Gasteiger partial charge in [0.1, 0.15) is 0 Å². The zero-order valence-electron chi connectivity index (χ0n) is 18.6. The van der Waals surface area contributed by atoms with Crippen LogP contribution in [0.15, 0.2) is 30.5 Å². The van der Waals surface area contributed by atoms with Gasteiger partial charge in [0, 0.05) is 58.4 Å².